The third kappa shape index (κ3) is 8.53. The van der Waals surface area contributed by atoms with Crippen molar-refractivity contribution in [2.45, 2.75) is 45.4 Å². The number of aryl methyl sites for hydroxylation is 1. The number of carboxylic acid groups (broad SMARTS) is 2. The lowest BCUT2D eigenvalue weighted by molar-refractivity contribution is -0.123. The number of carbonyl (C=O) groups is 2. The second kappa shape index (κ2) is 16.5. The lowest BCUT2D eigenvalue weighted by Crippen LogP contribution is -2.21. The molecule has 10 nitrogen and oxygen atoms in total. The fourth-order valence-electron chi connectivity index (χ4n) is 4.61. The molecule has 1 aromatic carbocycles. The number of methoxy groups -OCH3 is 1. The highest BCUT2D eigenvalue weighted by Crippen LogP contribution is 2.39. The van der Waals surface area contributed by atoms with E-state index in [1.165, 1.54) is 42.9 Å². The number of anilines is 1. The molecule has 0 atom stereocenters. The monoisotopic (exact) mass is 505 g/mol. The number of ether oxygens (including phenoxy) is 3. The number of fused-ring (bicyclic) bond motifs is 2. The van der Waals surface area contributed by atoms with Gasteiger partial charge < -0.3 is 34.6 Å². The number of pyridine rings is 1. The quantitative estimate of drug-likeness (QED) is 0.308. The van der Waals surface area contributed by atoms with Crippen molar-refractivity contribution < 1.29 is 34.0 Å². The lowest BCUT2D eigenvalue weighted by Gasteiger charge is -2.18. The number of aromatic nitrogens is 1. The summed E-state index contributed by atoms with van der Waals surface area (Å²) in [5.74, 6) is 1.56. The van der Waals surface area contributed by atoms with Crippen LogP contribution in [-0.2, 0) is 27.2 Å². The van der Waals surface area contributed by atoms with Crippen molar-refractivity contribution in [1.29, 1.82) is 0 Å². The Kier molecular flexibility index (Phi) is 13.4. The van der Waals surface area contributed by atoms with Gasteiger partial charge in [0, 0.05) is 42.5 Å². The van der Waals surface area contributed by atoms with Crippen LogP contribution in [0.2, 0.25) is 0 Å². The van der Waals surface area contributed by atoms with Crippen molar-refractivity contribution >= 4 is 29.5 Å². The first-order valence-corrected chi connectivity index (χ1v) is 12.5. The van der Waals surface area contributed by atoms with E-state index in [1.807, 2.05) is 6.92 Å². The first kappa shape index (κ1) is 29.1. The summed E-state index contributed by atoms with van der Waals surface area (Å²) in [7, 11) is 1.71. The number of benzene rings is 1. The van der Waals surface area contributed by atoms with Crippen LogP contribution in [0.25, 0.3) is 10.9 Å². The molecule has 2 aromatic rings. The maximum absolute atomic E-state index is 8.36. The molecular formula is C26H39N3O7. The molecule has 1 fully saturated rings. The van der Waals surface area contributed by atoms with E-state index >= 15 is 0 Å². The summed E-state index contributed by atoms with van der Waals surface area (Å²) in [5.41, 5.74) is 4.72. The number of nitrogens with one attached hydrogen (secondary N) is 1. The third-order valence-electron chi connectivity index (χ3n) is 6.12. The number of rotatable bonds is 11. The molecule has 0 bridgehead atoms. The zero-order valence-corrected chi connectivity index (χ0v) is 21.3. The normalized spacial score (nSPS) is 14.2. The smallest absolute Gasteiger partial charge is 0.290 e. The van der Waals surface area contributed by atoms with Crippen molar-refractivity contribution in [3.8, 4) is 11.5 Å². The van der Waals surface area contributed by atoms with Crippen LogP contribution in [-0.4, -0.2) is 86.2 Å². The summed E-state index contributed by atoms with van der Waals surface area (Å²) >= 11 is 0. The zero-order chi connectivity index (χ0) is 26.2. The van der Waals surface area contributed by atoms with Gasteiger partial charge in [-0.25, -0.2) is 0 Å². The van der Waals surface area contributed by atoms with Gasteiger partial charge in [0.15, 0.2) is 11.5 Å². The summed E-state index contributed by atoms with van der Waals surface area (Å²) in [5, 5.41) is 18.5. The van der Waals surface area contributed by atoms with Crippen LogP contribution >= 0.6 is 0 Å². The largest absolute Gasteiger partial charge is 0.493 e. The maximum atomic E-state index is 8.36. The van der Waals surface area contributed by atoms with Crippen LogP contribution in [0.15, 0.2) is 12.1 Å². The maximum Gasteiger partial charge on any atom is 0.290 e. The zero-order valence-electron chi connectivity index (χ0n) is 21.3. The van der Waals surface area contributed by atoms with Gasteiger partial charge in [-0.05, 0) is 70.2 Å². The van der Waals surface area contributed by atoms with E-state index in [-0.39, 0.29) is 12.9 Å². The van der Waals surface area contributed by atoms with Crippen molar-refractivity contribution in [2.75, 3.05) is 58.4 Å². The van der Waals surface area contributed by atoms with Crippen LogP contribution in [0.5, 0.6) is 11.5 Å². The molecule has 2 heterocycles. The van der Waals surface area contributed by atoms with Gasteiger partial charge in [-0.3, -0.25) is 14.6 Å². The highest BCUT2D eigenvalue weighted by Gasteiger charge is 2.21. The predicted molar refractivity (Wildman–Crippen MR) is 138 cm³/mol. The molecule has 1 aromatic heterocycles. The molecule has 1 aliphatic carbocycles. The van der Waals surface area contributed by atoms with E-state index in [0.29, 0.717) is 13.2 Å². The summed E-state index contributed by atoms with van der Waals surface area (Å²) in [6.07, 6.45) is 6.97. The molecule has 0 saturated carbocycles. The number of hydrogen-bond acceptors (Lipinski definition) is 8. The molecule has 36 heavy (non-hydrogen) atoms. The van der Waals surface area contributed by atoms with Crippen molar-refractivity contribution in [2.24, 2.45) is 0 Å². The fraction of sp³-hybridized carbons (Fsp3) is 0.577. The Morgan fingerprint density at radius 1 is 1.06 bits per heavy atom. The highest BCUT2D eigenvalue weighted by molar-refractivity contribution is 5.96. The average Bonchev–Trinajstić information content (AvgIpc) is 3.56. The van der Waals surface area contributed by atoms with Gasteiger partial charge >= 0.3 is 0 Å². The van der Waals surface area contributed by atoms with E-state index in [9.17, 15) is 0 Å². The van der Waals surface area contributed by atoms with Crippen LogP contribution in [0, 0.1) is 0 Å². The van der Waals surface area contributed by atoms with Crippen molar-refractivity contribution in [1.82, 2.24) is 9.88 Å². The minimum atomic E-state index is -0.250. The average molecular weight is 506 g/mol. The van der Waals surface area contributed by atoms with Gasteiger partial charge in [0.25, 0.3) is 12.9 Å². The molecule has 0 spiro atoms. The molecule has 1 saturated heterocycles. The van der Waals surface area contributed by atoms with Gasteiger partial charge in [0.05, 0.1) is 25.8 Å². The van der Waals surface area contributed by atoms with Gasteiger partial charge in [-0.2, -0.15) is 0 Å². The summed E-state index contributed by atoms with van der Waals surface area (Å²) in [4.78, 5) is 24.2. The van der Waals surface area contributed by atoms with E-state index in [0.717, 1.165) is 67.8 Å². The molecular weight excluding hydrogens is 466 g/mol. The first-order chi connectivity index (χ1) is 17.6. The molecule has 0 radical (unpaired) electrons. The molecule has 2 aliphatic rings. The summed E-state index contributed by atoms with van der Waals surface area (Å²) < 4.78 is 17.3. The minimum absolute atomic E-state index is 0.250. The van der Waals surface area contributed by atoms with Gasteiger partial charge in [-0.1, -0.05) is 0 Å². The van der Waals surface area contributed by atoms with Gasteiger partial charge in [-0.15, -0.1) is 0 Å². The van der Waals surface area contributed by atoms with Crippen molar-refractivity contribution in [3.05, 3.63) is 23.4 Å². The molecule has 1 aliphatic heterocycles. The summed E-state index contributed by atoms with van der Waals surface area (Å²) in [6.45, 7) is 8.01. The number of hydrogen-bond donors (Lipinski definition) is 3. The fourth-order valence-corrected chi connectivity index (χ4v) is 4.61. The Morgan fingerprint density at radius 3 is 2.44 bits per heavy atom. The van der Waals surface area contributed by atoms with E-state index in [1.54, 1.807) is 7.11 Å². The first-order valence-electron chi connectivity index (χ1n) is 12.5. The van der Waals surface area contributed by atoms with E-state index in [2.05, 4.69) is 22.3 Å². The van der Waals surface area contributed by atoms with Crippen LogP contribution in [0.3, 0.4) is 0 Å². The lowest BCUT2D eigenvalue weighted by atomic mass is 10.1. The predicted octanol–water partition coefficient (Wildman–Crippen LogP) is 3.45. The molecule has 4 rings (SSSR count). The Labute approximate surface area is 212 Å². The SMILES string of the molecule is CCOCCNc1c2c(nc3cc(OCCCN4CCCC4)c(OC)cc13)CCC2.O=CO.O=CO. The topological polar surface area (TPSA) is 130 Å². The van der Waals surface area contributed by atoms with Crippen LogP contribution in [0.1, 0.15) is 43.9 Å². The molecule has 0 unspecified atom stereocenters. The molecule has 3 N–H and O–H groups in total. The number of nitrogens with zero attached hydrogens (tertiary/aromatic N) is 2. The number of likely N-dealkylation sites (tertiary alicyclic amines) is 1. The van der Waals surface area contributed by atoms with Gasteiger partial charge in [0.2, 0.25) is 0 Å². The molecule has 200 valence electrons. The Bertz CT molecular complexity index is 943. The van der Waals surface area contributed by atoms with Crippen LogP contribution in [0.4, 0.5) is 5.69 Å². The van der Waals surface area contributed by atoms with Crippen LogP contribution < -0.4 is 14.8 Å². The Hall–Kier alpha value is -3.11. The summed E-state index contributed by atoms with van der Waals surface area (Å²) in [6, 6.07) is 4.14. The second-order valence-electron chi connectivity index (χ2n) is 8.37. The van der Waals surface area contributed by atoms with Gasteiger partial charge in [0.1, 0.15) is 0 Å². The minimum Gasteiger partial charge on any atom is -0.493 e. The van der Waals surface area contributed by atoms with Crippen molar-refractivity contribution in [3.63, 3.8) is 0 Å². The van der Waals surface area contributed by atoms with E-state index < -0.39 is 0 Å². The highest BCUT2D eigenvalue weighted by atomic mass is 16.5. The standard InChI is InChI=1S/C24H35N3O3.2CH2O2/c1-3-29-15-10-25-24-18-8-6-9-20(18)26-21-17-23(22(28-2)16-19(21)24)30-14-7-13-27-11-4-5-12-27;2*2-1-3/h16-17H,3-15H2,1-2H3,(H,25,26);2*1H,(H,2,3). The molecule has 10 heteroatoms. The second-order valence-corrected chi connectivity index (χ2v) is 8.37. The Balaban J connectivity index is 0.000000693. The molecule has 0 amide bonds. The van der Waals surface area contributed by atoms with E-state index in [4.69, 9.17) is 39.0 Å². The third-order valence-corrected chi connectivity index (χ3v) is 6.12. The Morgan fingerprint density at radius 2 is 1.78 bits per heavy atom.